The fourth-order valence-electron chi connectivity index (χ4n) is 9.69. The van der Waals surface area contributed by atoms with Gasteiger partial charge in [-0.3, -0.25) is 9.59 Å². The largest absolute Gasteiger partial charge is 0.463 e. The molecule has 0 bridgehead atoms. The predicted octanol–water partition coefficient (Wildman–Crippen LogP) is 5.46. The van der Waals surface area contributed by atoms with Crippen molar-refractivity contribution in [2.75, 3.05) is 6.61 Å². The van der Waals surface area contributed by atoms with Gasteiger partial charge in [0.1, 0.15) is 6.10 Å². The molecule has 5 fully saturated rings. The van der Waals surface area contributed by atoms with Crippen LogP contribution in [0.5, 0.6) is 0 Å². The smallest absolute Gasteiger partial charge is 0.302 e. The summed E-state index contributed by atoms with van der Waals surface area (Å²) in [6.07, 6.45) is 10.2. The van der Waals surface area contributed by atoms with Crippen LogP contribution in [0.3, 0.4) is 0 Å². The lowest BCUT2D eigenvalue weighted by molar-refractivity contribution is -0.271. The molecule has 11 atom stereocenters. The third kappa shape index (κ3) is 3.11. The van der Waals surface area contributed by atoms with Gasteiger partial charge in [-0.25, -0.2) is 0 Å². The SMILES string of the molecule is CC(=O)OC1CC[C@@]2(C)C(C1)C(=O)C=C1C2CC[C@@]2(C)C1CC1O[C@]3(CCC(C)CO3)[C@@H](C)C12. The molecule has 7 unspecified atom stereocenters. The highest BCUT2D eigenvalue weighted by Crippen LogP contribution is 2.70. The minimum Gasteiger partial charge on any atom is -0.463 e. The van der Waals surface area contributed by atoms with Crippen molar-refractivity contribution in [2.24, 2.45) is 46.3 Å². The molecule has 2 heterocycles. The molecule has 0 aromatic heterocycles. The fourth-order valence-corrected chi connectivity index (χ4v) is 9.69. The van der Waals surface area contributed by atoms with E-state index in [0.717, 1.165) is 38.7 Å². The molecule has 34 heavy (non-hydrogen) atoms. The number of hydrogen-bond acceptors (Lipinski definition) is 5. The second kappa shape index (κ2) is 7.65. The summed E-state index contributed by atoms with van der Waals surface area (Å²) in [4.78, 5) is 25.1. The molecule has 5 nitrogen and oxygen atoms in total. The van der Waals surface area contributed by atoms with Gasteiger partial charge >= 0.3 is 5.97 Å². The second-order valence-corrected chi connectivity index (χ2v) is 13.2. The van der Waals surface area contributed by atoms with E-state index in [2.05, 4.69) is 27.7 Å². The van der Waals surface area contributed by atoms with Gasteiger partial charge in [-0.2, -0.15) is 0 Å². The van der Waals surface area contributed by atoms with E-state index >= 15 is 0 Å². The maximum atomic E-state index is 13.5. The van der Waals surface area contributed by atoms with E-state index in [1.54, 1.807) is 0 Å². The van der Waals surface area contributed by atoms with E-state index in [1.807, 2.05) is 6.08 Å². The minimum absolute atomic E-state index is 0.0207. The Balaban J connectivity index is 1.28. The van der Waals surface area contributed by atoms with Gasteiger partial charge < -0.3 is 14.2 Å². The van der Waals surface area contributed by atoms with Crippen LogP contribution in [-0.2, 0) is 23.8 Å². The number of rotatable bonds is 1. The summed E-state index contributed by atoms with van der Waals surface area (Å²) in [5.41, 5.74) is 1.56. The minimum atomic E-state index is -0.393. The van der Waals surface area contributed by atoms with Gasteiger partial charge in [0, 0.05) is 25.2 Å². The monoisotopic (exact) mass is 470 g/mol. The molecule has 0 aromatic carbocycles. The topological polar surface area (TPSA) is 61.8 Å². The number of ketones is 1. The second-order valence-electron chi connectivity index (χ2n) is 13.2. The van der Waals surface area contributed by atoms with Crippen LogP contribution < -0.4 is 0 Å². The lowest BCUT2D eigenvalue weighted by atomic mass is 9.47. The molecule has 5 heteroatoms. The number of hydrogen-bond donors (Lipinski definition) is 0. The van der Waals surface area contributed by atoms with Gasteiger partial charge in [-0.1, -0.05) is 33.3 Å². The molecule has 6 aliphatic rings. The van der Waals surface area contributed by atoms with E-state index in [0.29, 0.717) is 36.0 Å². The first-order chi connectivity index (χ1) is 16.1. The summed E-state index contributed by atoms with van der Waals surface area (Å²) in [7, 11) is 0. The van der Waals surface area contributed by atoms with Gasteiger partial charge in [-0.15, -0.1) is 0 Å². The predicted molar refractivity (Wildman–Crippen MR) is 128 cm³/mol. The average Bonchev–Trinajstić information content (AvgIpc) is 3.22. The van der Waals surface area contributed by atoms with Crippen molar-refractivity contribution in [3.63, 3.8) is 0 Å². The Morgan fingerprint density at radius 2 is 1.76 bits per heavy atom. The highest BCUT2D eigenvalue weighted by Gasteiger charge is 2.68. The molecule has 6 rings (SSSR count). The molecule has 188 valence electrons. The van der Waals surface area contributed by atoms with Crippen LogP contribution in [0.2, 0.25) is 0 Å². The van der Waals surface area contributed by atoms with Crippen molar-refractivity contribution in [1.82, 2.24) is 0 Å². The van der Waals surface area contributed by atoms with Gasteiger partial charge in [0.25, 0.3) is 0 Å². The molecule has 0 N–H and O–H groups in total. The zero-order valence-electron chi connectivity index (χ0n) is 21.6. The summed E-state index contributed by atoms with van der Waals surface area (Å²) in [6.45, 7) is 11.8. The zero-order chi connectivity index (χ0) is 24.0. The van der Waals surface area contributed by atoms with Gasteiger partial charge in [0.15, 0.2) is 11.6 Å². The lowest BCUT2D eigenvalue weighted by Crippen LogP contribution is -2.53. The number of carbonyl (C=O) groups is 2. The first-order valence-electron chi connectivity index (χ1n) is 13.8. The van der Waals surface area contributed by atoms with E-state index in [4.69, 9.17) is 14.2 Å². The Hall–Kier alpha value is -1.20. The number of fused-ring (bicyclic) bond motifs is 7. The normalized spacial score (nSPS) is 54.0. The Kier molecular flexibility index (Phi) is 5.22. The fraction of sp³-hybridized carbons (Fsp3) is 0.862. The van der Waals surface area contributed by atoms with E-state index in [1.165, 1.54) is 25.3 Å². The molecule has 2 aliphatic heterocycles. The third-order valence-electron chi connectivity index (χ3n) is 11.5. The first kappa shape index (κ1) is 23.2. The van der Waals surface area contributed by atoms with Gasteiger partial charge in [0.2, 0.25) is 0 Å². The molecule has 1 spiro atoms. The lowest BCUT2D eigenvalue weighted by Gasteiger charge is -2.57. The number of esters is 1. The van der Waals surface area contributed by atoms with Crippen LogP contribution >= 0.6 is 0 Å². The summed E-state index contributed by atoms with van der Waals surface area (Å²) in [6, 6.07) is 0. The number of allylic oxidation sites excluding steroid dienone is 2. The van der Waals surface area contributed by atoms with Crippen LogP contribution in [0.15, 0.2) is 11.6 Å². The van der Waals surface area contributed by atoms with Crippen LogP contribution in [0.25, 0.3) is 0 Å². The standard InChI is InChI=1S/C29H42O5/c1-16-6-11-29(32-15-16)17(2)26-25(34-29)14-22-20-13-24(31)23-12-19(33-18(3)30)7-9-27(23,4)21(20)8-10-28(22,26)5/h13,16-17,19,21-23,25-26H,6-12,14-15H2,1-5H3/t16?,17-,19?,21?,22?,23?,25?,26?,27+,28-,29+/m0/s1. The van der Waals surface area contributed by atoms with Gasteiger partial charge in [0.05, 0.1) is 12.7 Å². The zero-order valence-corrected chi connectivity index (χ0v) is 21.6. The van der Waals surface area contributed by atoms with Crippen molar-refractivity contribution in [1.29, 1.82) is 0 Å². The van der Waals surface area contributed by atoms with Crippen LogP contribution in [-0.4, -0.2) is 36.4 Å². The Labute approximate surface area is 204 Å². The quantitative estimate of drug-likeness (QED) is 0.476. The summed E-state index contributed by atoms with van der Waals surface area (Å²) in [5, 5.41) is 0. The van der Waals surface area contributed by atoms with Crippen molar-refractivity contribution < 1.29 is 23.8 Å². The molecular formula is C29H42O5. The first-order valence-corrected chi connectivity index (χ1v) is 13.8. The Bertz CT molecular complexity index is 915. The van der Waals surface area contributed by atoms with Crippen LogP contribution in [0.1, 0.15) is 86.0 Å². The van der Waals surface area contributed by atoms with E-state index in [-0.39, 0.29) is 40.7 Å². The van der Waals surface area contributed by atoms with Crippen molar-refractivity contribution in [3.05, 3.63) is 11.6 Å². The molecule has 0 radical (unpaired) electrons. The number of ether oxygens (including phenoxy) is 3. The number of carbonyl (C=O) groups excluding carboxylic acids is 2. The average molecular weight is 471 g/mol. The van der Waals surface area contributed by atoms with E-state index in [9.17, 15) is 9.59 Å². The summed E-state index contributed by atoms with van der Waals surface area (Å²) >= 11 is 0. The summed E-state index contributed by atoms with van der Waals surface area (Å²) in [5.74, 6) is 1.99. The highest BCUT2D eigenvalue weighted by atomic mass is 16.7. The molecule has 2 saturated heterocycles. The Morgan fingerprint density at radius 3 is 2.47 bits per heavy atom. The maximum absolute atomic E-state index is 13.5. The van der Waals surface area contributed by atoms with E-state index < -0.39 is 5.79 Å². The summed E-state index contributed by atoms with van der Waals surface area (Å²) < 4.78 is 18.8. The molecular weight excluding hydrogens is 428 g/mol. The van der Waals surface area contributed by atoms with Gasteiger partial charge in [-0.05, 0) is 85.5 Å². The van der Waals surface area contributed by atoms with Crippen molar-refractivity contribution in [2.45, 2.75) is 104 Å². The van der Waals surface area contributed by atoms with Crippen molar-refractivity contribution >= 4 is 11.8 Å². The van der Waals surface area contributed by atoms with Crippen LogP contribution in [0, 0.1) is 46.3 Å². The molecule has 0 amide bonds. The maximum Gasteiger partial charge on any atom is 0.302 e. The van der Waals surface area contributed by atoms with Crippen molar-refractivity contribution in [3.8, 4) is 0 Å². The highest BCUT2D eigenvalue weighted by molar-refractivity contribution is 5.94. The van der Waals surface area contributed by atoms with Crippen LogP contribution in [0.4, 0.5) is 0 Å². The molecule has 3 saturated carbocycles. The molecule has 4 aliphatic carbocycles. The molecule has 0 aromatic rings. The Morgan fingerprint density at radius 1 is 1.00 bits per heavy atom. The third-order valence-corrected chi connectivity index (χ3v) is 11.5.